The van der Waals surface area contributed by atoms with E-state index in [0.29, 0.717) is 5.57 Å². The minimum atomic E-state index is -0.163. The molecule has 4 heteroatoms. The summed E-state index contributed by atoms with van der Waals surface area (Å²) in [5.74, 6) is 0. The zero-order chi connectivity index (χ0) is 12.1. The first-order valence-corrected chi connectivity index (χ1v) is 5.78. The lowest BCUT2D eigenvalue weighted by Crippen LogP contribution is -2.37. The molecule has 0 unspecified atom stereocenters. The van der Waals surface area contributed by atoms with Gasteiger partial charge in [0.05, 0.1) is 10.1 Å². The van der Waals surface area contributed by atoms with E-state index in [-0.39, 0.29) is 5.54 Å². The number of hydrogen-bond donors (Lipinski definition) is 2. The highest BCUT2D eigenvalue weighted by Gasteiger charge is 2.20. The highest BCUT2D eigenvalue weighted by Crippen LogP contribution is 2.23. The van der Waals surface area contributed by atoms with Crippen LogP contribution in [0.2, 0.25) is 0 Å². The number of nitrogens with one attached hydrogen (secondary N) is 1. The molecule has 84 valence electrons. The van der Waals surface area contributed by atoms with E-state index in [0.717, 1.165) is 4.61 Å². The molecule has 0 radical (unpaired) electrons. The first-order chi connectivity index (χ1) is 6.85. The predicted molar refractivity (Wildman–Crippen MR) is 74.9 cm³/mol. The first kappa shape index (κ1) is 14.5. The van der Waals surface area contributed by atoms with E-state index >= 15 is 0 Å². The largest absolute Gasteiger partial charge is 0.360 e. The van der Waals surface area contributed by atoms with Crippen LogP contribution in [0, 0.1) is 5.41 Å². The van der Waals surface area contributed by atoms with Crippen LogP contribution >= 0.6 is 28.6 Å². The van der Waals surface area contributed by atoms with E-state index in [1.807, 2.05) is 24.1 Å². The molecule has 0 fully saturated rings. The van der Waals surface area contributed by atoms with Crippen molar-refractivity contribution in [3.63, 3.8) is 0 Å². The molecule has 0 spiro atoms. The molecule has 0 aromatic heterocycles. The number of allylic oxidation sites excluding steroid dienone is 2. The van der Waals surface area contributed by atoms with Crippen LogP contribution in [0.15, 0.2) is 34.3 Å². The number of rotatable bonds is 5. The maximum absolute atomic E-state index is 7.02. The Labute approximate surface area is 106 Å². The van der Waals surface area contributed by atoms with Gasteiger partial charge < -0.3 is 10.3 Å². The van der Waals surface area contributed by atoms with Crippen molar-refractivity contribution in [3.05, 3.63) is 34.3 Å². The van der Waals surface area contributed by atoms with Gasteiger partial charge in [-0.05, 0) is 40.8 Å². The number of thiol groups is 1. The van der Waals surface area contributed by atoms with Crippen molar-refractivity contribution in [2.24, 2.45) is 0 Å². The Morgan fingerprint density at radius 2 is 2.07 bits per heavy atom. The molecule has 0 amide bonds. The Hall–Kier alpha value is -0.480. The van der Waals surface area contributed by atoms with Gasteiger partial charge in [0.15, 0.2) is 0 Å². The summed E-state index contributed by atoms with van der Waals surface area (Å²) >= 11 is 7.50. The fourth-order valence-corrected chi connectivity index (χ4v) is 1.46. The van der Waals surface area contributed by atoms with Gasteiger partial charge in [-0.25, -0.2) is 0 Å². The summed E-state index contributed by atoms with van der Waals surface area (Å²) in [6.45, 7) is 7.85. The second-order valence-corrected chi connectivity index (χ2v) is 4.79. The van der Waals surface area contributed by atoms with E-state index < -0.39 is 0 Å². The van der Waals surface area contributed by atoms with Crippen LogP contribution in [-0.2, 0) is 0 Å². The minimum absolute atomic E-state index is 0.163. The molecule has 0 aromatic rings. The molecule has 0 saturated carbocycles. The Balaban J connectivity index is 4.75. The number of halogens is 1. The molecular formula is C11H17BrN2S. The van der Waals surface area contributed by atoms with Crippen molar-refractivity contribution in [1.29, 1.82) is 5.41 Å². The van der Waals surface area contributed by atoms with Crippen molar-refractivity contribution in [2.45, 2.75) is 19.4 Å². The average Bonchev–Trinajstić information content (AvgIpc) is 2.23. The van der Waals surface area contributed by atoms with Gasteiger partial charge in [-0.1, -0.05) is 18.7 Å². The first-order valence-electron chi connectivity index (χ1n) is 4.47. The van der Waals surface area contributed by atoms with E-state index in [1.165, 1.54) is 6.21 Å². The molecule has 1 N–H and O–H groups in total. The Kier molecular flexibility index (Phi) is 5.98. The SMILES string of the molecule is C=C(C=N)/C=C\C(C)(C)N(C)/C(Br)=C\S. The molecule has 0 aromatic carbocycles. The van der Waals surface area contributed by atoms with Gasteiger partial charge >= 0.3 is 0 Å². The van der Waals surface area contributed by atoms with E-state index in [4.69, 9.17) is 5.41 Å². The molecule has 0 saturated heterocycles. The van der Waals surface area contributed by atoms with Gasteiger partial charge in [0.25, 0.3) is 0 Å². The van der Waals surface area contributed by atoms with Gasteiger partial charge in [0.2, 0.25) is 0 Å². The van der Waals surface area contributed by atoms with Crippen LogP contribution in [0.5, 0.6) is 0 Å². The lowest BCUT2D eigenvalue weighted by Gasteiger charge is -2.34. The number of hydrogen-bond acceptors (Lipinski definition) is 3. The van der Waals surface area contributed by atoms with Crippen molar-refractivity contribution in [1.82, 2.24) is 4.90 Å². The molecule has 0 aliphatic rings. The molecule has 2 nitrogen and oxygen atoms in total. The maximum Gasteiger partial charge on any atom is 0.0871 e. The molecule has 15 heavy (non-hydrogen) atoms. The summed E-state index contributed by atoms with van der Waals surface area (Å²) in [6.07, 6.45) is 5.07. The van der Waals surface area contributed by atoms with Crippen molar-refractivity contribution < 1.29 is 0 Å². The predicted octanol–water partition coefficient (Wildman–Crippen LogP) is 3.58. The zero-order valence-corrected chi connectivity index (χ0v) is 11.8. The van der Waals surface area contributed by atoms with Crippen LogP contribution in [0.3, 0.4) is 0 Å². The lowest BCUT2D eigenvalue weighted by molar-refractivity contribution is 0.281. The Morgan fingerprint density at radius 1 is 1.53 bits per heavy atom. The Morgan fingerprint density at radius 3 is 2.47 bits per heavy atom. The van der Waals surface area contributed by atoms with Crippen molar-refractivity contribution >= 4 is 34.8 Å². The molecule has 0 atom stereocenters. The van der Waals surface area contributed by atoms with Gasteiger partial charge in [-0.15, -0.1) is 12.6 Å². The van der Waals surface area contributed by atoms with Crippen molar-refractivity contribution in [3.8, 4) is 0 Å². The molecule has 0 aliphatic carbocycles. The summed E-state index contributed by atoms with van der Waals surface area (Å²) in [5.41, 5.74) is 0.520. The highest BCUT2D eigenvalue weighted by atomic mass is 79.9. The standard InChI is InChI=1S/C11H17BrN2S/c1-9(7-13)5-6-11(2,3)14(4)10(12)8-15/h5-8,13,15H,1H2,2-4H3/b6-5-,10-8-,13-7?. The fourth-order valence-electron chi connectivity index (χ4n) is 0.833. The lowest BCUT2D eigenvalue weighted by atomic mass is 10.0. The van der Waals surface area contributed by atoms with Crippen LogP contribution in [0.4, 0.5) is 0 Å². The zero-order valence-electron chi connectivity index (χ0n) is 9.29. The van der Waals surface area contributed by atoms with Crippen LogP contribution < -0.4 is 0 Å². The quantitative estimate of drug-likeness (QED) is 0.344. The normalized spacial score (nSPS) is 13.0. The van der Waals surface area contributed by atoms with E-state index in [2.05, 4.69) is 49.0 Å². The monoisotopic (exact) mass is 288 g/mol. The van der Waals surface area contributed by atoms with Crippen LogP contribution in [0.1, 0.15) is 13.8 Å². The fraction of sp³-hybridized carbons (Fsp3) is 0.364. The van der Waals surface area contributed by atoms with Crippen LogP contribution in [0.25, 0.3) is 0 Å². The summed E-state index contributed by atoms with van der Waals surface area (Å²) in [6, 6.07) is 0. The molecule has 0 aliphatic heterocycles. The Bertz CT molecular complexity index is 306. The van der Waals surface area contributed by atoms with Gasteiger partial charge in [0.1, 0.15) is 0 Å². The van der Waals surface area contributed by atoms with E-state index in [1.54, 1.807) is 5.41 Å². The number of nitrogens with zero attached hydrogens (tertiary/aromatic N) is 1. The van der Waals surface area contributed by atoms with E-state index in [9.17, 15) is 0 Å². The summed E-state index contributed by atoms with van der Waals surface area (Å²) in [4.78, 5) is 2.04. The summed E-state index contributed by atoms with van der Waals surface area (Å²) in [5, 5.41) is 8.72. The third-order valence-corrected chi connectivity index (χ3v) is 3.54. The number of likely N-dealkylation sites (N-methyl/N-ethyl adjacent to an activating group) is 1. The second kappa shape index (κ2) is 6.18. The third-order valence-electron chi connectivity index (χ3n) is 2.18. The maximum atomic E-state index is 7.02. The molecular weight excluding hydrogens is 272 g/mol. The molecule has 0 heterocycles. The molecule has 0 bridgehead atoms. The van der Waals surface area contributed by atoms with Crippen LogP contribution in [-0.4, -0.2) is 23.7 Å². The topological polar surface area (TPSA) is 27.1 Å². The third kappa shape index (κ3) is 4.71. The minimum Gasteiger partial charge on any atom is -0.360 e. The smallest absolute Gasteiger partial charge is 0.0871 e. The summed E-state index contributed by atoms with van der Waals surface area (Å²) < 4.78 is 0.904. The van der Waals surface area contributed by atoms with Gasteiger partial charge in [-0.2, -0.15) is 0 Å². The summed E-state index contributed by atoms with van der Waals surface area (Å²) in [7, 11) is 1.97. The average molecular weight is 289 g/mol. The van der Waals surface area contributed by atoms with Gasteiger partial charge in [-0.3, -0.25) is 0 Å². The molecule has 0 rings (SSSR count). The highest BCUT2D eigenvalue weighted by molar-refractivity contribution is 9.11. The second-order valence-electron chi connectivity index (χ2n) is 3.72. The van der Waals surface area contributed by atoms with Crippen molar-refractivity contribution in [2.75, 3.05) is 7.05 Å². The van der Waals surface area contributed by atoms with Gasteiger partial charge in [0, 0.05) is 13.3 Å².